The Morgan fingerprint density at radius 2 is 2.27 bits per heavy atom. The number of aldehydes is 1. The first-order chi connectivity index (χ1) is 7.35. The number of benzene rings is 1. The van der Waals surface area contributed by atoms with Gasteiger partial charge >= 0.3 is 0 Å². The maximum absolute atomic E-state index is 10.9. The zero-order valence-electron chi connectivity index (χ0n) is 8.73. The van der Waals surface area contributed by atoms with Crippen molar-refractivity contribution in [3.8, 4) is 11.5 Å². The van der Waals surface area contributed by atoms with Gasteiger partial charge in [0.15, 0.2) is 17.8 Å². The van der Waals surface area contributed by atoms with E-state index >= 15 is 0 Å². The Kier molecular flexibility index (Phi) is 2.90. The van der Waals surface area contributed by atoms with Gasteiger partial charge in [0.25, 0.3) is 0 Å². The molecule has 0 aromatic heterocycles. The van der Waals surface area contributed by atoms with Gasteiger partial charge in [0, 0.05) is 0 Å². The van der Waals surface area contributed by atoms with Gasteiger partial charge in [-0.05, 0) is 31.9 Å². The van der Waals surface area contributed by atoms with Gasteiger partial charge in [-0.2, -0.15) is 0 Å². The van der Waals surface area contributed by atoms with E-state index in [0.29, 0.717) is 23.7 Å². The molecule has 0 heterocycles. The molecule has 0 radical (unpaired) electrons. The van der Waals surface area contributed by atoms with E-state index in [1.807, 2.05) is 13.0 Å². The minimum atomic E-state index is 0.269. The van der Waals surface area contributed by atoms with E-state index in [2.05, 4.69) is 0 Å². The number of carbonyl (C=O) groups excluding carboxylic acids is 1. The Hall–Kier alpha value is -1.51. The largest absolute Gasteiger partial charge is 0.490 e. The highest BCUT2D eigenvalue weighted by Gasteiger charge is 2.26. The first-order valence-corrected chi connectivity index (χ1v) is 5.22. The average Bonchev–Trinajstić information content (AvgIpc) is 3.05. The Morgan fingerprint density at radius 1 is 1.47 bits per heavy atom. The van der Waals surface area contributed by atoms with Crippen molar-refractivity contribution in [1.29, 1.82) is 0 Å². The van der Waals surface area contributed by atoms with Crippen LogP contribution in [0, 0.1) is 0 Å². The fraction of sp³-hybridized carbons (Fsp3) is 0.417. The van der Waals surface area contributed by atoms with Crippen LogP contribution in [0.1, 0.15) is 30.1 Å². The molecule has 1 aliphatic rings. The second-order valence-electron chi connectivity index (χ2n) is 3.54. The van der Waals surface area contributed by atoms with Crippen molar-refractivity contribution in [1.82, 2.24) is 0 Å². The lowest BCUT2D eigenvalue weighted by atomic mass is 10.2. The van der Waals surface area contributed by atoms with Crippen LogP contribution < -0.4 is 9.47 Å². The molecule has 0 saturated heterocycles. The molecule has 1 saturated carbocycles. The molecule has 1 fully saturated rings. The monoisotopic (exact) mass is 206 g/mol. The molecule has 0 atom stereocenters. The zero-order chi connectivity index (χ0) is 10.7. The van der Waals surface area contributed by atoms with E-state index in [1.54, 1.807) is 12.1 Å². The summed E-state index contributed by atoms with van der Waals surface area (Å²) in [6.45, 7) is 2.48. The first-order valence-electron chi connectivity index (χ1n) is 5.22. The summed E-state index contributed by atoms with van der Waals surface area (Å²) in [7, 11) is 0. The summed E-state index contributed by atoms with van der Waals surface area (Å²) in [5.74, 6) is 1.26. The number of rotatable bonds is 5. The third-order valence-corrected chi connectivity index (χ3v) is 2.25. The lowest BCUT2D eigenvalue weighted by molar-refractivity contribution is 0.111. The Bertz CT molecular complexity index is 356. The van der Waals surface area contributed by atoms with Crippen LogP contribution in [0.4, 0.5) is 0 Å². The lowest BCUT2D eigenvalue weighted by Crippen LogP contribution is -2.03. The average molecular weight is 206 g/mol. The van der Waals surface area contributed by atoms with E-state index in [9.17, 15) is 4.79 Å². The molecule has 80 valence electrons. The standard InChI is InChI=1S/C12H14O3/c1-2-14-11-5-3-4-9(8-13)12(11)15-10-6-7-10/h3-5,8,10H,2,6-7H2,1H3. The van der Waals surface area contributed by atoms with Gasteiger partial charge in [0.2, 0.25) is 0 Å². The molecule has 1 aromatic rings. The van der Waals surface area contributed by atoms with Gasteiger partial charge in [-0.15, -0.1) is 0 Å². The van der Waals surface area contributed by atoms with Crippen LogP contribution >= 0.6 is 0 Å². The van der Waals surface area contributed by atoms with Crippen molar-refractivity contribution in [2.24, 2.45) is 0 Å². The Balaban J connectivity index is 2.29. The molecule has 15 heavy (non-hydrogen) atoms. The second kappa shape index (κ2) is 4.34. The molecular formula is C12H14O3. The van der Waals surface area contributed by atoms with Gasteiger partial charge in [-0.1, -0.05) is 6.07 Å². The number of hydrogen-bond donors (Lipinski definition) is 0. The Labute approximate surface area is 89.0 Å². The van der Waals surface area contributed by atoms with Crippen LogP contribution in [0.3, 0.4) is 0 Å². The summed E-state index contributed by atoms with van der Waals surface area (Å²) in [6.07, 6.45) is 3.21. The fourth-order valence-electron chi connectivity index (χ4n) is 1.37. The summed E-state index contributed by atoms with van der Waals surface area (Å²) < 4.78 is 11.1. The third kappa shape index (κ3) is 2.29. The highest BCUT2D eigenvalue weighted by molar-refractivity contribution is 5.81. The Morgan fingerprint density at radius 3 is 2.87 bits per heavy atom. The van der Waals surface area contributed by atoms with Crippen molar-refractivity contribution < 1.29 is 14.3 Å². The van der Waals surface area contributed by atoms with Gasteiger partial charge in [-0.3, -0.25) is 4.79 Å². The van der Waals surface area contributed by atoms with Gasteiger partial charge in [0.05, 0.1) is 18.3 Å². The molecule has 0 aliphatic heterocycles. The number of hydrogen-bond acceptors (Lipinski definition) is 3. The molecule has 0 bridgehead atoms. The van der Waals surface area contributed by atoms with E-state index in [-0.39, 0.29) is 6.10 Å². The van der Waals surface area contributed by atoms with Crippen molar-refractivity contribution in [2.45, 2.75) is 25.9 Å². The summed E-state index contributed by atoms with van der Waals surface area (Å²) in [5, 5.41) is 0. The molecule has 0 amide bonds. The molecule has 3 heteroatoms. The maximum Gasteiger partial charge on any atom is 0.172 e. The van der Waals surface area contributed by atoms with E-state index in [4.69, 9.17) is 9.47 Å². The highest BCUT2D eigenvalue weighted by Crippen LogP contribution is 2.35. The highest BCUT2D eigenvalue weighted by atomic mass is 16.5. The maximum atomic E-state index is 10.9. The van der Waals surface area contributed by atoms with Crippen LogP contribution in [0.5, 0.6) is 11.5 Å². The van der Waals surface area contributed by atoms with E-state index < -0.39 is 0 Å². The van der Waals surface area contributed by atoms with Crippen molar-refractivity contribution in [3.05, 3.63) is 23.8 Å². The summed E-state index contributed by atoms with van der Waals surface area (Å²) in [4.78, 5) is 10.9. The summed E-state index contributed by atoms with van der Waals surface area (Å²) in [6, 6.07) is 5.37. The predicted molar refractivity (Wildman–Crippen MR) is 56.6 cm³/mol. The number of para-hydroxylation sites is 1. The second-order valence-corrected chi connectivity index (χ2v) is 3.54. The molecule has 1 aromatic carbocycles. The predicted octanol–water partition coefficient (Wildman–Crippen LogP) is 2.44. The normalized spacial score (nSPS) is 14.7. The molecular weight excluding hydrogens is 192 g/mol. The minimum absolute atomic E-state index is 0.269. The molecule has 3 nitrogen and oxygen atoms in total. The van der Waals surface area contributed by atoms with Crippen LogP contribution in [0.25, 0.3) is 0 Å². The van der Waals surface area contributed by atoms with Crippen molar-refractivity contribution >= 4 is 6.29 Å². The van der Waals surface area contributed by atoms with E-state index in [1.165, 1.54) is 0 Å². The SMILES string of the molecule is CCOc1cccc(C=O)c1OC1CC1. The molecule has 0 unspecified atom stereocenters. The van der Waals surface area contributed by atoms with Crippen molar-refractivity contribution in [2.75, 3.05) is 6.61 Å². The fourth-order valence-corrected chi connectivity index (χ4v) is 1.37. The smallest absolute Gasteiger partial charge is 0.172 e. The quantitative estimate of drug-likeness (QED) is 0.694. The lowest BCUT2D eigenvalue weighted by Gasteiger charge is -2.12. The molecule has 2 rings (SSSR count). The van der Waals surface area contributed by atoms with E-state index in [0.717, 1.165) is 19.1 Å². The minimum Gasteiger partial charge on any atom is -0.490 e. The topological polar surface area (TPSA) is 35.5 Å². The zero-order valence-corrected chi connectivity index (χ0v) is 8.73. The number of ether oxygens (including phenoxy) is 2. The molecule has 0 N–H and O–H groups in total. The summed E-state index contributed by atoms with van der Waals surface area (Å²) >= 11 is 0. The van der Waals surface area contributed by atoms with Crippen LogP contribution in [0.15, 0.2) is 18.2 Å². The van der Waals surface area contributed by atoms with Crippen molar-refractivity contribution in [3.63, 3.8) is 0 Å². The van der Waals surface area contributed by atoms with Gasteiger partial charge in [0.1, 0.15) is 0 Å². The molecule has 1 aliphatic carbocycles. The molecule has 0 spiro atoms. The van der Waals surface area contributed by atoms with Crippen LogP contribution in [0.2, 0.25) is 0 Å². The van der Waals surface area contributed by atoms with Crippen LogP contribution in [-0.4, -0.2) is 19.0 Å². The van der Waals surface area contributed by atoms with Crippen LogP contribution in [-0.2, 0) is 0 Å². The number of carbonyl (C=O) groups is 1. The first kappa shape index (κ1) is 10.0. The van der Waals surface area contributed by atoms with Gasteiger partial charge < -0.3 is 9.47 Å². The van der Waals surface area contributed by atoms with Gasteiger partial charge in [-0.25, -0.2) is 0 Å². The summed E-state index contributed by atoms with van der Waals surface area (Å²) in [5.41, 5.74) is 0.563. The third-order valence-electron chi connectivity index (χ3n) is 2.25.